The van der Waals surface area contributed by atoms with Crippen molar-refractivity contribution < 1.29 is 13.5 Å². The minimum atomic E-state index is -3.67. The van der Waals surface area contributed by atoms with Gasteiger partial charge >= 0.3 is 0 Å². The number of rotatable bonds is 6. The summed E-state index contributed by atoms with van der Waals surface area (Å²) < 4.78 is 28.1. The van der Waals surface area contributed by atoms with E-state index in [0.29, 0.717) is 15.4 Å². The number of aliphatic hydroxyl groups is 1. The minimum absolute atomic E-state index is 0.0214. The Hall–Kier alpha value is 0.0500. The van der Waals surface area contributed by atoms with Crippen LogP contribution < -0.4 is 4.72 Å². The van der Waals surface area contributed by atoms with Crippen LogP contribution in [0.4, 0.5) is 0 Å². The summed E-state index contributed by atoms with van der Waals surface area (Å²) in [6.07, 6.45) is 0.523. The van der Waals surface area contributed by atoms with Crippen LogP contribution in [-0.4, -0.2) is 25.7 Å². The smallest absolute Gasteiger partial charge is 0.241 e. The van der Waals surface area contributed by atoms with Gasteiger partial charge in [0.25, 0.3) is 0 Å². The normalized spacial score (nSPS) is 15.3. The predicted molar refractivity (Wildman–Crippen MR) is 87.1 cm³/mol. The molecule has 0 fully saturated rings. The Morgan fingerprint density at radius 2 is 1.95 bits per heavy atom. The van der Waals surface area contributed by atoms with Gasteiger partial charge in [0.2, 0.25) is 10.0 Å². The van der Waals surface area contributed by atoms with E-state index in [9.17, 15) is 13.5 Å². The molecule has 0 saturated carbocycles. The van der Waals surface area contributed by atoms with Gasteiger partial charge in [0.15, 0.2) is 0 Å². The van der Waals surface area contributed by atoms with Crippen molar-refractivity contribution in [1.82, 2.24) is 4.72 Å². The summed E-state index contributed by atoms with van der Waals surface area (Å²) in [7, 11) is -3.67. The van der Waals surface area contributed by atoms with Crippen LogP contribution in [0.3, 0.4) is 0 Å². The van der Waals surface area contributed by atoms with E-state index in [4.69, 9.17) is 0 Å². The Bertz CT molecular complexity index is 571. The molecule has 7 heteroatoms. The second-order valence-electron chi connectivity index (χ2n) is 5.49. The molecule has 0 aliphatic carbocycles. The molecule has 2 N–H and O–H groups in total. The molecular formula is C13H19Br2NO3S. The molecular weight excluding hydrogens is 410 g/mol. The monoisotopic (exact) mass is 427 g/mol. The van der Waals surface area contributed by atoms with Gasteiger partial charge in [-0.2, -0.15) is 0 Å². The molecule has 0 aliphatic heterocycles. The zero-order valence-electron chi connectivity index (χ0n) is 11.7. The van der Waals surface area contributed by atoms with Gasteiger partial charge in [-0.05, 0) is 53.4 Å². The van der Waals surface area contributed by atoms with Crippen LogP contribution in [0.2, 0.25) is 0 Å². The van der Waals surface area contributed by atoms with Crippen molar-refractivity contribution in [3.05, 3.63) is 27.1 Å². The van der Waals surface area contributed by atoms with Crippen molar-refractivity contribution in [2.24, 2.45) is 5.92 Å². The maximum atomic E-state index is 12.3. The van der Waals surface area contributed by atoms with Crippen molar-refractivity contribution in [3.8, 4) is 0 Å². The summed E-state index contributed by atoms with van der Waals surface area (Å²) in [5.74, 6) is 0.284. The van der Waals surface area contributed by atoms with E-state index in [-0.39, 0.29) is 17.4 Å². The summed E-state index contributed by atoms with van der Waals surface area (Å²) in [5.41, 5.74) is -1.07. The minimum Gasteiger partial charge on any atom is -0.389 e. The van der Waals surface area contributed by atoms with Crippen molar-refractivity contribution in [2.45, 2.75) is 37.7 Å². The van der Waals surface area contributed by atoms with Crippen LogP contribution >= 0.6 is 31.9 Å². The number of hydrogen-bond acceptors (Lipinski definition) is 3. The summed E-state index contributed by atoms with van der Waals surface area (Å²) >= 11 is 6.47. The second-order valence-corrected chi connectivity index (χ2v) is 9.00. The number of nitrogens with one attached hydrogen (secondary N) is 1. The Morgan fingerprint density at radius 3 is 2.50 bits per heavy atom. The average molecular weight is 429 g/mol. The molecule has 1 unspecified atom stereocenters. The highest BCUT2D eigenvalue weighted by Gasteiger charge is 2.26. The number of sulfonamides is 1. The third-order valence-corrected chi connectivity index (χ3v) is 5.56. The highest BCUT2D eigenvalue weighted by atomic mass is 79.9. The quantitative estimate of drug-likeness (QED) is 0.730. The number of hydrogen-bond donors (Lipinski definition) is 2. The lowest BCUT2D eigenvalue weighted by Crippen LogP contribution is -2.41. The fraction of sp³-hybridized carbons (Fsp3) is 0.538. The molecule has 20 heavy (non-hydrogen) atoms. The molecule has 0 spiro atoms. The maximum Gasteiger partial charge on any atom is 0.241 e. The zero-order chi connectivity index (χ0) is 15.6. The van der Waals surface area contributed by atoms with E-state index in [2.05, 4.69) is 36.6 Å². The van der Waals surface area contributed by atoms with Crippen molar-refractivity contribution >= 4 is 41.9 Å². The molecule has 0 bridgehead atoms. The van der Waals surface area contributed by atoms with E-state index in [0.717, 1.165) is 0 Å². The molecule has 0 amide bonds. The van der Waals surface area contributed by atoms with E-state index in [1.54, 1.807) is 19.1 Å². The molecule has 4 nitrogen and oxygen atoms in total. The van der Waals surface area contributed by atoms with Crippen LogP contribution in [0.5, 0.6) is 0 Å². The van der Waals surface area contributed by atoms with Gasteiger partial charge in [-0.25, -0.2) is 13.1 Å². The lowest BCUT2D eigenvalue weighted by Gasteiger charge is -2.25. The van der Waals surface area contributed by atoms with Crippen LogP contribution in [-0.2, 0) is 10.0 Å². The first-order chi connectivity index (χ1) is 9.03. The molecule has 114 valence electrons. The average Bonchev–Trinajstić information content (AvgIpc) is 2.28. The van der Waals surface area contributed by atoms with Crippen LogP contribution in [0.25, 0.3) is 0 Å². The van der Waals surface area contributed by atoms with Gasteiger partial charge in [-0.1, -0.05) is 29.8 Å². The molecule has 1 aromatic carbocycles. The van der Waals surface area contributed by atoms with Crippen molar-refractivity contribution in [2.75, 3.05) is 6.54 Å². The van der Waals surface area contributed by atoms with Crippen molar-refractivity contribution in [3.63, 3.8) is 0 Å². The van der Waals surface area contributed by atoms with Gasteiger partial charge < -0.3 is 5.11 Å². The number of benzene rings is 1. The summed E-state index contributed by atoms with van der Waals surface area (Å²) in [6.45, 7) is 5.57. The molecule has 0 aliphatic rings. The van der Waals surface area contributed by atoms with Gasteiger partial charge in [0.1, 0.15) is 0 Å². The highest BCUT2D eigenvalue weighted by molar-refractivity contribution is 9.11. The van der Waals surface area contributed by atoms with Gasteiger partial charge in [-0.15, -0.1) is 0 Å². The molecule has 0 heterocycles. The van der Waals surface area contributed by atoms with Crippen molar-refractivity contribution in [1.29, 1.82) is 0 Å². The lowest BCUT2D eigenvalue weighted by molar-refractivity contribution is 0.0437. The van der Waals surface area contributed by atoms with E-state index < -0.39 is 15.6 Å². The Morgan fingerprint density at radius 1 is 1.35 bits per heavy atom. The maximum absolute atomic E-state index is 12.3. The number of halogens is 2. The third-order valence-electron chi connectivity index (χ3n) is 2.67. The SMILES string of the molecule is CC(C)CC(C)(O)CNS(=O)(=O)c1cc(Br)ccc1Br. The van der Waals surface area contributed by atoms with Crippen LogP contribution in [0.15, 0.2) is 32.0 Å². The molecule has 0 saturated heterocycles. The van der Waals surface area contributed by atoms with Gasteiger partial charge in [-0.3, -0.25) is 0 Å². The van der Waals surface area contributed by atoms with Crippen LogP contribution in [0, 0.1) is 5.92 Å². The largest absolute Gasteiger partial charge is 0.389 e. The summed E-state index contributed by atoms with van der Waals surface area (Å²) in [5, 5.41) is 10.2. The standard InChI is InChI=1S/C13H19Br2NO3S/c1-9(2)7-13(3,17)8-16-20(18,19)12-6-10(14)4-5-11(12)15/h4-6,9,16-17H,7-8H2,1-3H3. The lowest BCUT2D eigenvalue weighted by atomic mass is 9.95. The fourth-order valence-electron chi connectivity index (χ4n) is 1.96. The highest BCUT2D eigenvalue weighted by Crippen LogP contribution is 2.26. The van der Waals surface area contributed by atoms with E-state index in [1.807, 2.05) is 13.8 Å². The Labute approximate surface area is 137 Å². The summed E-state index contributed by atoms with van der Waals surface area (Å²) in [4.78, 5) is 0.146. The second kappa shape index (κ2) is 6.87. The van der Waals surface area contributed by atoms with E-state index >= 15 is 0 Å². The molecule has 1 atom stereocenters. The molecule has 0 aromatic heterocycles. The van der Waals surface area contributed by atoms with Gasteiger partial charge in [0.05, 0.1) is 10.5 Å². The first-order valence-electron chi connectivity index (χ1n) is 6.20. The Balaban J connectivity index is 2.88. The predicted octanol–water partition coefficient (Wildman–Crippen LogP) is 3.29. The first-order valence-corrected chi connectivity index (χ1v) is 9.27. The molecule has 0 radical (unpaired) electrons. The van der Waals surface area contributed by atoms with E-state index in [1.165, 1.54) is 6.07 Å². The van der Waals surface area contributed by atoms with Crippen LogP contribution in [0.1, 0.15) is 27.2 Å². The topological polar surface area (TPSA) is 66.4 Å². The first kappa shape index (κ1) is 18.1. The summed E-state index contributed by atoms with van der Waals surface area (Å²) in [6, 6.07) is 4.92. The fourth-order valence-corrected chi connectivity index (χ4v) is 4.62. The zero-order valence-corrected chi connectivity index (χ0v) is 15.6. The Kier molecular flexibility index (Phi) is 6.22. The molecule has 1 aromatic rings. The third kappa shape index (κ3) is 5.44. The van der Waals surface area contributed by atoms with Gasteiger partial charge in [0, 0.05) is 15.5 Å². The molecule has 1 rings (SSSR count).